The maximum absolute atomic E-state index is 5.52. The third-order valence-electron chi connectivity index (χ3n) is 12.0. The van der Waals surface area contributed by atoms with E-state index < -0.39 is 0 Å². The van der Waals surface area contributed by atoms with Crippen LogP contribution < -0.4 is 11.0 Å². The van der Waals surface area contributed by atoms with Gasteiger partial charge in [0, 0.05) is 43.8 Å². The molecule has 0 saturated carbocycles. The monoisotopic (exact) mass is 726 g/mol. The Balaban J connectivity index is 1.22. The highest BCUT2D eigenvalue weighted by Crippen LogP contribution is 2.43. The summed E-state index contributed by atoms with van der Waals surface area (Å²) in [7, 11) is 0. The van der Waals surface area contributed by atoms with Gasteiger partial charge < -0.3 is 0 Å². The van der Waals surface area contributed by atoms with Crippen LogP contribution in [0.15, 0.2) is 176 Å². The molecule has 0 N–H and O–H groups in total. The summed E-state index contributed by atoms with van der Waals surface area (Å²) in [6, 6.07) is 51.6. The van der Waals surface area contributed by atoms with Crippen LogP contribution in [-0.2, 0) is 6.67 Å². The van der Waals surface area contributed by atoms with Crippen LogP contribution in [0.5, 0.6) is 0 Å². The van der Waals surface area contributed by atoms with E-state index in [1.807, 2.05) is 0 Å². The molecule has 6 heterocycles. The molecule has 0 saturated heterocycles. The molecule has 8 aromatic carbocycles. The summed E-state index contributed by atoms with van der Waals surface area (Å²) in [4.78, 5) is 32.6. The van der Waals surface area contributed by atoms with Gasteiger partial charge in [-0.05, 0) is 91.6 Å². The van der Waals surface area contributed by atoms with Gasteiger partial charge in [0.15, 0.2) is 23.3 Å². The van der Waals surface area contributed by atoms with Crippen LogP contribution in [0.1, 0.15) is 22.3 Å². The van der Waals surface area contributed by atoms with Gasteiger partial charge in [-0.25, -0.2) is 30.0 Å². The Bertz CT molecular complexity index is 3590. The van der Waals surface area contributed by atoms with Crippen LogP contribution in [0.2, 0.25) is 0 Å². The summed E-state index contributed by atoms with van der Waals surface area (Å²) in [5.74, 6) is 4.08. The molecular formula is C49H26N8. The van der Waals surface area contributed by atoms with E-state index in [1.54, 1.807) is 0 Å². The average molecular weight is 727 g/mol. The van der Waals surface area contributed by atoms with Crippen LogP contribution in [0.4, 0.5) is 11.6 Å². The number of nitrogens with zero attached hydrogens (tertiary/aromatic N) is 8. The average Bonchev–Trinajstić information content (AvgIpc) is 3.93. The lowest BCUT2D eigenvalue weighted by Crippen LogP contribution is -2.32. The minimum atomic E-state index is 0.364. The first-order valence-electron chi connectivity index (χ1n) is 19.1. The molecule has 0 radical (unpaired) electrons. The summed E-state index contributed by atoms with van der Waals surface area (Å²) < 4.78 is 4.44. The Hall–Kier alpha value is -7.84. The Morgan fingerprint density at radius 3 is 0.947 bits per heavy atom. The zero-order valence-corrected chi connectivity index (χ0v) is 30.1. The lowest BCUT2D eigenvalue weighted by Gasteiger charge is -2.12. The van der Waals surface area contributed by atoms with E-state index in [2.05, 4.69) is 155 Å². The molecule has 4 aliphatic heterocycles. The van der Waals surface area contributed by atoms with Crippen LogP contribution in [0.3, 0.4) is 0 Å². The van der Waals surface area contributed by atoms with Crippen molar-refractivity contribution in [3.05, 3.63) is 179 Å². The van der Waals surface area contributed by atoms with Gasteiger partial charge >= 0.3 is 0 Å². The SMILES string of the molecule is c1ccc2cc3c(cc2c1)C1=NC/3=N\c2c3cc4ccccc4cc3c3n2Cn2/c(c4cc5ccccc5cc4/c2=N/C2=NC(=N\3)/c3cc4ccccc4cc32)=N\1. The summed E-state index contributed by atoms with van der Waals surface area (Å²) >= 11 is 0. The Morgan fingerprint density at radius 1 is 0.298 bits per heavy atom. The molecule has 0 amide bonds. The second-order valence-corrected chi connectivity index (χ2v) is 15.2. The molecule has 0 fully saturated rings. The van der Waals surface area contributed by atoms with Crippen molar-refractivity contribution >= 4 is 99.6 Å². The fourth-order valence-corrected chi connectivity index (χ4v) is 9.30. The molecule has 262 valence electrons. The minimum Gasteiger partial charge on any atom is -0.291 e. The summed E-state index contributed by atoms with van der Waals surface area (Å²) in [5, 5.41) is 13.0. The smallest absolute Gasteiger partial charge is 0.164 e. The molecule has 2 aromatic heterocycles. The molecule has 6 bridgehead atoms. The quantitative estimate of drug-likeness (QED) is 0.149. The first kappa shape index (κ1) is 29.5. The van der Waals surface area contributed by atoms with Crippen molar-refractivity contribution in [1.82, 2.24) is 9.13 Å². The van der Waals surface area contributed by atoms with Crippen molar-refractivity contribution in [2.75, 3.05) is 0 Å². The lowest BCUT2D eigenvalue weighted by molar-refractivity contribution is 0.584. The van der Waals surface area contributed by atoms with E-state index in [0.29, 0.717) is 30.0 Å². The predicted molar refractivity (Wildman–Crippen MR) is 230 cm³/mol. The number of benzene rings is 8. The molecule has 10 aromatic rings. The molecule has 14 rings (SSSR count). The predicted octanol–water partition coefficient (Wildman–Crippen LogP) is 9.66. The number of hydrogen-bond acceptors (Lipinski definition) is 6. The molecule has 8 heteroatoms. The van der Waals surface area contributed by atoms with E-state index >= 15 is 0 Å². The van der Waals surface area contributed by atoms with Crippen LogP contribution in [-0.4, -0.2) is 32.5 Å². The van der Waals surface area contributed by atoms with Gasteiger partial charge in [0.1, 0.15) is 29.3 Å². The highest BCUT2D eigenvalue weighted by molar-refractivity contribution is 6.27. The standard InChI is InChI=1S/C49H26N8/c1-2-10-27-18-35-34(17-26(27)9-1)42-50-43(35)53-47-40-23-32-15-7-8-16-33(32)24-41(40)49-55-45-37-20-29-12-4-3-11-28(29)19-36(37)44(51-45)54-48-39-22-31-14-6-5-13-30(31)21-38(39)46(52-42)56(48)25-57(47)49/h1-24H,25H2/b52-42-,52-46?,53-43?,53-47-,54-44-,54-48?,55-45?,55-49-. The molecule has 0 spiro atoms. The highest BCUT2D eigenvalue weighted by Gasteiger charge is 2.30. The van der Waals surface area contributed by atoms with Crippen LogP contribution in [0, 0.1) is 0 Å². The van der Waals surface area contributed by atoms with Crippen molar-refractivity contribution in [2.24, 2.45) is 30.0 Å². The molecule has 8 nitrogen and oxygen atoms in total. The van der Waals surface area contributed by atoms with Gasteiger partial charge in [-0.15, -0.1) is 0 Å². The fourth-order valence-electron chi connectivity index (χ4n) is 9.30. The van der Waals surface area contributed by atoms with E-state index in [0.717, 1.165) is 109 Å². The number of fused-ring (bicyclic) bond motifs is 18. The van der Waals surface area contributed by atoms with Crippen molar-refractivity contribution in [1.29, 1.82) is 0 Å². The maximum atomic E-state index is 5.52. The number of hydrogen-bond donors (Lipinski definition) is 0. The summed E-state index contributed by atoms with van der Waals surface area (Å²) in [6.07, 6.45) is 0. The third kappa shape index (κ3) is 4.00. The van der Waals surface area contributed by atoms with Gasteiger partial charge in [-0.3, -0.25) is 9.13 Å². The first-order chi connectivity index (χ1) is 28.2. The summed E-state index contributed by atoms with van der Waals surface area (Å²) in [6.45, 7) is 0.364. The third-order valence-corrected chi connectivity index (χ3v) is 12.0. The van der Waals surface area contributed by atoms with Crippen molar-refractivity contribution in [3.63, 3.8) is 0 Å². The number of aliphatic imine (C=N–C) groups is 4. The van der Waals surface area contributed by atoms with Crippen molar-refractivity contribution in [3.8, 4) is 0 Å². The molecule has 57 heavy (non-hydrogen) atoms. The van der Waals surface area contributed by atoms with Crippen LogP contribution >= 0.6 is 0 Å². The first-order valence-corrected chi connectivity index (χ1v) is 19.1. The van der Waals surface area contributed by atoms with Gasteiger partial charge in [-0.1, -0.05) is 97.1 Å². The van der Waals surface area contributed by atoms with Gasteiger partial charge in [0.25, 0.3) is 0 Å². The lowest BCUT2D eigenvalue weighted by atomic mass is 10.0. The Labute approximate surface area is 323 Å². The molecule has 0 atom stereocenters. The molecule has 0 unspecified atom stereocenters. The number of rotatable bonds is 0. The van der Waals surface area contributed by atoms with E-state index in [4.69, 9.17) is 30.0 Å². The van der Waals surface area contributed by atoms with Crippen molar-refractivity contribution in [2.45, 2.75) is 6.67 Å². The molecule has 4 aliphatic rings. The topological polar surface area (TPSA) is 84.0 Å². The zero-order chi connectivity index (χ0) is 36.9. The fraction of sp³-hybridized carbons (Fsp3) is 0.0204. The Kier molecular flexibility index (Phi) is 5.42. The largest absolute Gasteiger partial charge is 0.291 e. The van der Waals surface area contributed by atoms with Crippen LogP contribution in [0.25, 0.3) is 64.6 Å². The second-order valence-electron chi connectivity index (χ2n) is 15.2. The van der Waals surface area contributed by atoms with Gasteiger partial charge in [0.05, 0.1) is 0 Å². The number of aromatic nitrogens is 2. The Morgan fingerprint density at radius 2 is 0.596 bits per heavy atom. The van der Waals surface area contributed by atoms with Gasteiger partial charge in [-0.2, -0.15) is 0 Å². The van der Waals surface area contributed by atoms with E-state index in [1.165, 1.54) is 0 Å². The maximum Gasteiger partial charge on any atom is 0.164 e. The van der Waals surface area contributed by atoms with E-state index in [-0.39, 0.29) is 0 Å². The van der Waals surface area contributed by atoms with E-state index in [9.17, 15) is 0 Å². The summed E-state index contributed by atoms with van der Waals surface area (Å²) in [5.41, 5.74) is 5.37. The molecular weight excluding hydrogens is 701 g/mol. The normalized spacial score (nSPS) is 18.0. The van der Waals surface area contributed by atoms with Gasteiger partial charge in [0.2, 0.25) is 0 Å². The second kappa shape index (κ2) is 10.5. The molecule has 0 aliphatic carbocycles. The van der Waals surface area contributed by atoms with Crippen molar-refractivity contribution < 1.29 is 0 Å². The highest BCUT2D eigenvalue weighted by atomic mass is 15.3. The minimum absolute atomic E-state index is 0.364. The zero-order valence-electron chi connectivity index (χ0n) is 30.1. The number of amidine groups is 4.